The number of fused-ring (bicyclic) bond motifs is 1. The standard InChI is InChI=1S/C26H24F2N6O3/c1-33-22-9-3-16(26(37)34(11-10-24(35)36)18-6-4-17(27)5-7-18)13-21(22)32-23(33)14-31-20-8-2-15(25(29)30)12-19(20)28/h2-9,12-13,31H,10-11,14H2,1H3,(H3,29,30)(H,35,36). The number of nitrogen functional groups attached to an aromatic ring is 1. The number of nitrogens with two attached hydrogens (primary N) is 1. The van der Waals surface area contributed by atoms with E-state index in [1.165, 1.54) is 47.4 Å². The van der Waals surface area contributed by atoms with Crippen molar-refractivity contribution in [3.8, 4) is 0 Å². The molecule has 1 heterocycles. The monoisotopic (exact) mass is 506 g/mol. The summed E-state index contributed by atoms with van der Waals surface area (Å²) in [6.45, 7) is 0.0916. The van der Waals surface area contributed by atoms with Crippen LogP contribution in [0.1, 0.15) is 28.2 Å². The van der Waals surface area contributed by atoms with Crippen molar-refractivity contribution in [2.45, 2.75) is 13.0 Å². The number of benzene rings is 3. The molecule has 0 aliphatic carbocycles. The highest BCUT2D eigenvalue weighted by molar-refractivity contribution is 6.07. The molecule has 0 spiro atoms. The van der Waals surface area contributed by atoms with Gasteiger partial charge in [0.1, 0.15) is 23.3 Å². The third-order valence-electron chi connectivity index (χ3n) is 5.87. The van der Waals surface area contributed by atoms with Crippen molar-refractivity contribution in [3.05, 3.63) is 89.2 Å². The fourth-order valence-electron chi connectivity index (χ4n) is 3.87. The Labute approximate surface area is 210 Å². The van der Waals surface area contributed by atoms with Crippen LogP contribution in [0.5, 0.6) is 0 Å². The first kappa shape index (κ1) is 25.3. The molecule has 0 radical (unpaired) electrons. The van der Waals surface area contributed by atoms with Crippen molar-refractivity contribution in [1.82, 2.24) is 9.55 Å². The quantitative estimate of drug-likeness (QED) is 0.201. The van der Waals surface area contributed by atoms with E-state index < -0.39 is 23.5 Å². The van der Waals surface area contributed by atoms with E-state index in [2.05, 4.69) is 10.3 Å². The number of halogens is 2. The number of carboxylic acids is 1. The number of carbonyl (C=O) groups excluding carboxylic acids is 1. The number of amides is 1. The number of hydrogen-bond acceptors (Lipinski definition) is 5. The number of carboxylic acid groups (broad SMARTS) is 1. The number of carbonyl (C=O) groups is 2. The van der Waals surface area contributed by atoms with Crippen LogP contribution in [0.2, 0.25) is 0 Å². The maximum Gasteiger partial charge on any atom is 0.305 e. The van der Waals surface area contributed by atoms with Crippen LogP contribution in [-0.4, -0.2) is 38.9 Å². The van der Waals surface area contributed by atoms with Crippen molar-refractivity contribution in [2.75, 3.05) is 16.8 Å². The van der Waals surface area contributed by atoms with E-state index in [0.29, 0.717) is 17.0 Å². The maximum absolute atomic E-state index is 14.4. The Kier molecular flexibility index (Phi) is 7.14. The molecule has 0 unspecified atom stereocenters. The van der Waals surface area contributed by atoms with Crippen molar-refractivity contribution in [2.24, 2.45) is 12.8 Å². The van der Waals surface area contributed by atoms with Crippen LogP contribution in [0.25, 0.3) is 11.0 Å². The van der Waals surface area contributed by atoms with Gasteiger partial charge in [-0.1, -0.05) is 0 Å². The van der Waals surface area contributed by atoms with E-state index in [4.69, 9.17) is 16.2 Å². The third kappa shape index (κ3) is 5.56. The first-order valence-electron chi connectivity index (χ1n) is 11.3. The number of nitrogens with one attached hydrogen (secondary N) is 2. The Balaban J connectivity index is 1.58. The molecule has 4 aromatic rings. The molecule has 0 atom stereocenters. The van der Waals surface area contributed by atoms with E-state index >= 15 is 0 Å². The topological polar surface area (TPSA) is 137 Å². The Morgan fingerprint density at radius 3 is 2.43 bits per heavy atom. The van der Waals surface area contributed by atoms with Crippen molar-refractivity contribution >= 4 is 40.1 Å². The van der Waals surface area contributed by atoms with E-state index in [-0.39, 0.29) is 42.2 Å². The summed E-state index contributed by atoms with van der Waals surface area (Å²) in [6, 6.07) is 14.4. The molecule has 3 aromatic carbocycles. The molecule has 0 aliphatic heterocycles. The first-order valence-corrected chi connectivity index (χ1v) is 11.3. The predicted molar refractivity (Wildman–Crippen MR) is 136 cm³/mol. The summed E-state index contributed by atoms with van der Waals surface area (Å²) in [5.41, 5.74) is 7.81. The van der Waals surface area contributed by atoms with Crippen molar-refractivity contribution in [1.29, 1.82) is 5.41 Å². The van der Waals surface area contributed by atoms with Gasteiger partial charge >= 0.3 is 5.97 Å². The number of anilines is 2. The number of amidine groups is 1. The number of hydrogen-bond donors (Lipinski definition) is 4. The minimum Gasteiger partial charge on any atom is -0.481 e. The number of aryl methyl sites for hydroxylation is 1. The van der Waals surface area contributed by atoms with E-state index in [1.807, 2.05) is 0 Å². The lowest BCUT2D eigenvalue weighted by Crippen LogP contribution is -2.33. The van der Waals surface area contributed by atoms with Crippen LogP contribution >= 0.6 is 0 Å². The van der Waals surface area contributed by atoms with E-state index in [1.54, 1.807) is 29.8 Å². The Hall–Kier alpha value is -4.80. The second kappa shape index (κ2) is 10.4. The highest BCUT2D eigenvalue weighted by Crippen LogP contribution is 2.23. The average Bonchev–Trinajstić information content (AvgIpc) is 3.18. The molecule has 190 valence electrons. The van der Waals surface area contributed by atoms with Gasteiger partial charge in [0, 0.05) is 30.4 Å². The van der Waals surface area contributed by atoms with Crippen LogP contribution in [0, 0.1) is 17.0 Å². The number of rotatable bonds is 9. The van der Waals surface area contributed by atoms with Crippen LogP contribution < -0.4 is 16.0 Å². The molecule has 4 rings (SSSR count). The molecule has 0 aliphatic rings. The lowest BCUT2D eigenvalue weighted by Gasteiger charge is -2.22. The first-order chi connectivity index (χ1) is 17.6. The smallest absolute Gasteiger partial charge is 0.305 e. The summed E-state index contributed by atoms with van der Waals surface area (Å²) in [6.07, 6.45) is -0.283. The van der Waals surface area contributed by atoms with Crippen LogP contribution in [-0.2, 0) is 18.4 Å². The van der Waals surface area contributed by atoms with Gasteiger partial charge in [-0.05, 0) is 60.7 Å². The van der Waals surface area contributed by atoms with Gasteiger partial charge in [0.15, 0.2) is 0 Å². The van der Waals surface area contributed by atoms with Gasteiger partial charge in [0.25, 0.3) is 5.91 Å². The normalized spacial score (nSPS) is 10.9. The van der Waals surface area contributed by atoms with Crippen molar-refractivity contribution < 1.29 is 23.5 Å². The lowest BCUT2D eigenvalue weighted by molar-refractivity contribution is -0.136. The summed E-state index contributed by atoms with van der Waals surface area (Å²) in [5.74, 6) is -2.19. The molecule has 0 saturated heterocycles. The highest BCUT2D eigenvalue weighted by atomic mass is 19.1. The lowest BCUT2D eigenvalue weighted by atomic mass is 10.1. The van der Waals surface area contributed by atoms with E-state index in [0.717, 1.165) is 5.52 Å². The Morgan fingerprint density at radius 2 is 1.78 bits per heavy atom. The molecule has 37 heavy (non-hydrogen) atoms. The van der Waals surface area contributed by atoms with Gasteiger partial charge in [-0.25, -0.2) is 13.8 Å². The molecule has 0 saturated carbocycles. The predicted octanol–water partition coefficient (Wildman–Crippen LogP) is 3.87. The molecule has 0 fully saturated rings. The minimum absolute atomic E-state index is 0.0940. The van der Waals surface area contributed by atoms with Gasteiger partial charge in [0.05, 0.1) is 29.7 Å². The fraction of sp³-hybridized carbons (Fsp3) is 0.154. The summed E-state index contributed by atoms with van der Waals surface area (Å²) in [5, 5.41) is 19.5. The fourth-order valence-corrected chi connectivity index (χ4v) is 3.87. The maximum atomic E-state index is 14.4. The second-order valence-electron chi connectivity index (χ2n) is 8.33. The summed E-state index contributed by atoms with van der Waals surface area (Å²) in [4.78, 5) is 30.3. The highest BCUT2D eigenvalue weighted by Gasteiger charge is 2.20. The molecule has 1 amide bonds. The number of imidazole rings is 1. The SMILES string of the molecule is Cn1c(CNc2ccc(C(=N)N)cc2F)nc2cc(C(=O)N(CCC(=O)O)c3ccc(F)cc3)ccc21. The minimum atomic E-state index is -1.07. The van der Waals surface area contributed by atoms with Crippen molar-refractivity contribution in [3.63, 3.8) is 0 Å². The van der Waals surface area contributed by atoms with Gasteiger partial charge in [-0.15, -0.1) is 0 Å². The van der Waals surface area contributed by atoms with Crippen LogP contribution in [0.3, 0.4) is 0 Å². The molecular formula is C26H24F2N6O3. The van der Waals surface area contributed by atoms with Gasteiger partial charge < -0.3 is 25.6 Å². The van der Waals surface area contributed by atoms with Gasteiger partial charge in [-0.2, -0.15) is 0 Å². The third-order valence-corrected chi connectivity index (χ3v) is 5.87. The van der Waals surface area contributed by atoms with Gasteiger partial charge in [-0.3, -0.25) is 15.0 Å². The van der Waals surface area contributed by atoms with Gasteiger partial charge in [0.2, 0.25) is 0 Å². The Morgan fingerprint density at radius 1 is 1.08 bits per heavy atom. The summed E-state index contributed by atoms with van der Waals surface area (Å²) < 4.78 is 29.6. The number of aromatic nitrogens is 2. The second-order valence-corrected chi connectivity index (χ2v) is 8.33. The van der Waals surface area contributed by atoms with E-state index in [9.17, 15) is 18.4 Å². The largest absolute Gasteiger partial charge is 0.481 e. The molecule has 11 heteroatoms. The zero-order valence-electron chi connectivity index (χ0n) is 19.8. The summed E-state index contributed by atoms with van der Waals surface area (Å²) in [7, 11) is 1.79. The summed E-state index contributed by atoms with van der Waals surface area (Å²) >= 11 is 0. The zero-order valence-corrected chi connectivity index (χ0v) is 19.8. The van der Waals surface area contributed by atoms with Crippen LogP contribution in [0.15, 0.2) is 60.7 Å². The molecule has 5 N–H and O–H groups in total. The van der Waals surface area contributed by atoms with Crippen LogP contribution in [0.4, 0.5) is 20.2 Å². The zero-order chi connectivity index (χ0) is 26.7. The Bertz CT molecular complexity index is 1500. The molecule has 0 bridgehead atoms. The average molecular weight is 507 g/mol. The molecule has 1 aromatic heterocycles. The molecular weight excluding hydrogens is 482 g/mol. The molecule has 9 nitrogen and oxygen atoms in total. The number of nitrogens with zero attached hydrogens (tertiary/aromatic N) is 3. The number of aliphatic carboxylic acids is 1.